The number of rotatable bonds is 5. The van der Waals surface area contributed by atoms with E-state index in [2.05, 4.69) is 19.2 Å². The molecule has 1 unspecified atom stereocenters. The average Bonchev–Trinajstić information content (AvgIpc) is 2.21. The molecule has 3 heteroatoms. The standard InChI is InChI=1S/C12H19FN2/c1-9(2)8-15-12(7-14)10-3-5-11(13)6-4-10/h3-6,9,12,15H,7-8,14H2,1-2H3. The average molecular weight is 210 g/mol. The summed E-state index contributed by atoms with van der Waals surface area (Å²) in [6.45, 7) is 5.73. The topological polar surface area (TPSA) is 38.0 Å². The van der Waals surface area contributed by atoms with Crippen LogP contribution in [-0.2, 0) is 0 Å². The molecule has 0 saturated carbocycles. The maximum atomic E-state index is 12.7. The second kappa shape index (κ2) is 5.83. The first-order valence-electron chi connectivity index (χ1n) is 5.32. The molecular weight excluding hydrogens is 191 g/mol. The van der Waals surface area contributed by atoms with E-state index in [0.29, 0.717) is 12.5 Å². The molecule has 0 aliphatic heterocycles. The van der Waals surface area contributed by atoms with Crippen LogP contribution in [0, 0.1) is 11.7 Å². The third-order valence-electron chi connectivity index (χ3n) is 2.28. The Bertz CT molecular complexity index is 282. The number of nitrogens with two attached hydrogens (primary N) is 1. The summed E-state index contributed by atoms with van der Waals surface area (Å²) in [7, 11) is 0. The maximum absolute atomic E-state index is 12.7. The number of benzene rings is 1. The monoisotopic (exact) mass is 210 g/mol. The summed E-state index contributed by atoms with van der Waals surface area (Å²) in [5.41, 5.74) is 6.71. The quantitative estimate of drug-likeness (QED) is 0.780. The lowest BCUT2D eigenvalue weighted by molar-refractivity contribution is 0.478. The van der Waals surface area contributed by atoms with Gasteiger partial charge in [-0.15, -0.1) is 0 Å². The predicted molar refractivity (Wildman–Crippen MR) is 61.0 cm³/mol. The Balaban J connectivity index is 2.61. The van der Waals surface area contributed by atoms with Gasteiger partial charge in [0.15, 0.2) is 0 Å². The molecule has 0 bridgehead atoms. The van der Waals surface area contributed by atoms with Gasteiger partial charge in [-0.3, -0.25) is 0 Å². The van der Waals surface area contributed by atoms with Gasteiger partial charge in [-0.25, -0.2) is 4.39 Å². The van der Waals surface area contributed by atoms with Gasteiger partial charge in [0.25, 0.3) is 0 Å². The predicted octanol–water partition coefficient (Wildman–Crippen LogP) is 2.07. The lowest BCUT2D eigenvalue weighted by Gasteiger charge is -2.18. The van der Waals surface area contributed by atoms with Gasteiger partial charge in [-0.2, -0.15) is 0 Å². The van der Waals surface area contributed by atoms with Crippen LogP contribution in [0.5, 0.6) is 0 Å². The summed E-state index contributed by atoms with van der Waals surface area (Å²) < 4.78 is 12.7. The van der Waals surface area contributed by atoms with E-state index >= 15 is 0 Å². The minimum Gasteiger partial charge on any atom is -0.329 e. The van der Waals surface area contributed by atoms with Crippen LogP contribution in [0.4, 0.5) is 4.39 Å². The Kier molecular flexibility index (Phi) is 4.72. The highest BCUT2D eigenvalue weighted by molar-refractivity contribution is 5.20. The van der Waals surface area contributed by atoms with Crippen molar-refractivity contribution in [2.24, 2.45) is 11.7 Å². The van der Waals surface area contributed by atoms with E-state index in [9.17, 15) is 4.39 Å². The molecule has 0 radical (unpaired) electrons. The first-order valence-corrected chi connectivity index (χ1v) is 5.32. The normalized spacial score (nSPS) is 13.1. The molecule has 2 nitrogen and oxygen atoms in total. The van der Waals surface area contributed by atoms with Gasteiger partial charge >= 0.3 is 0 Å². The minimum absolute atomic E-state index is 0.119. The van der Waals surface area contributed by atoms with Gasteiger partial charge in [0, 0.05) is 12.6 Å². The largest absolute Gasteiger partial charge is 0.329 e. The Morgan fingerprint density at radius 1 is 1.27 bits per heavy atom. The number of hydrogen-bond donors (Lipinski definition) is 2. The lowest BCUT2D eigenvalue weighted by atomic mass is 10.1. The third kappa shape index (κ3) is 3.98. The molecular formula is C12H19FN2. The molecule has 0 aliphatic rings. The lowest BCUT2D eigenvalue weighted by Crippen LogP contribution is -2.30. The van der Waals surface area contributed by atoms with Crippen LogP contribution >= 0.6 is 0 Å². The Labute approximate surface area is 90.7 Å². The van der Waals surface area contributed by atoms with Crippen LogP contribution in [0.3, 0.4) is 0 Å². The fourth-order valence-electron chi connectivity index (χ4n) is 1.41. The van der Waals surface area contributed by atoms with Crippen molar-refractivity contribution >= 4 is 0 Å². The van der Waals surface area contributed by atoms with Crippen molar-refractivity contribution in [3.8, 4) is 0 Å². The van der Waals surface area contributed by atoms with Crippen molar-refractivity contribution in [3.05, 3.63) is 35.6 Å². The minimum atomic E-state index is -0.210. The molecule has 15 heavy (non-hydrogen) atoms. The van der Waals surface area contributed by atoms with Crippen molar-refractivity contribution in [2.45, 2.75) is 19.9 Å². The molecule has 1 rings (SSSR count). The fraction of sp³-hybridized carbons (Fsp3) is 0.500. The maximum Gasteiger partial charge on any atom is 0.123 e. The zero-order valence-electron chi connectivity index (χ0n) is 9.33. The van der Waals surface area contributed by atoms with E-state index in [0.717, 1.165) is 12.1 Å². The van der Waals surface area contributed by atoms with Crippen LogP contribution in [0.1, 0.15) is 25.5 Å². The molecule has 0 spiro atoms. The second-order valence-electron chi connectivity index (χ2n) is 4.14. The van der Waals surface area contributed by atoms with Crippen LogP contribution in [0.25, 0.3) is 0 Å². The van der Waals surface area contributed by atoms with E-state index in [1.807, 2.05) is 0 Å². The van der Waals surface area contributed by atoms with Crippen molar-refractivity contribution in [3.63, 3.8) is 0 Å². The van der Waals surface area contributed by atoms with E-state index in [4.69, 9.17) is 5.73 Å². The highest BCUT2D eigenvalue weighted by Gasteiger charge is 2.09. The van der Waals surface area contributed by atoms with E-state index in [1.54, 1.807) is 12.1 Å². The number of halogens is 1. The van der Waals surface area contributed by atoms with Crippen LogP contribution < -0.4 is 11.1 Å². The summed E-state index contributed by atoms with van der Waals surface area (Å²) in [6, 6.07) is 6.61. The van der Waals surface area contributed by atoms with E-state index < -0.39 is 0 Å². The third-order valence-corrected chi connectivity index (χ3v) is 2.28. The Hall–Kier alpha value is -0.930. The van der Waals surface area contributed by atoms with Gasteiger partial charge in [0.2, 0.25) is 0 Å². The van der Waals surface area contributed by atoms with Gasteiger partial charge in [-0.1, -0.05) is 26.0 Å². The molecule has 0 amide bonds. The summed E-state index contributed by atoms with van der Waals surface area (Å²) in [4.78, 5) is 0. The molecule has 0 fully saturated rings. The fourth-order valence-corrected chi connectivity index (χ4v) is 1.41. The first kappa shape index (κ1) is 12.1. The highest BCUT2D eigenvalue weighted by atomic mass is 19.1. The Morgan fingerprint density at radius 3 is 2.33 bits per heavy atom. The van der Waals surface area contributed by atoms with E-state index in [1.165, 1.54) is 12.1 Å². The molecule has 0 aliphatic carbocycles. The second-order valence-corrected chi connectivity index (χ2v) is 4.14. The summed E-state index contributed by atoms with van der Waals surface area (Å²) >= 11 is 0. The molecule has 0 saturated heterocycles. The molecule has 3 N–H and O–H groups in total. The zero-order chi connectivity index (χ0) is 11.3. The van der Waals surface area contributed by atoms with Crippen molar-refractivity contribution < 1.29 is 4.39 Å². The molecule has 0 aromatic heterocycles. The summed E-state index contributed by atoms with van der Waals surface area (Å²) in [6.07, 6.45) is 0. The van der Waals surface area contributed by atoms with Crippen molar-refractivity contribution in [1.29, 1.82) is 0 Å². The van der Waals surface area contributed by atoms with Crippen LogP contribution in [0.2, 0.25) is 0 Å². The highest BCUT2D eigenvalue weighted by Crippen LogP contribution is 2.12. The Morgan fingerprint density at radius 2 is 1.87 bits per heavy atom. The molecule has 1 aromatic rings. The smallest absolute Gasteiger partial charge is 0.123 e. The van der Waals surface area contributed by atoms with Crippen LogP contribution in [0.15, 0.2) is 24.3 Å². The van der Waals surface area contributed by atoms with E-state index in [-0.39, 0.29) is 11.9 Å². The van der Waals surface area contributed by atoms with Gasteiger partial charge in [0.05, 0.1) is 0 Å². The molecule has 1 atom stereocenters. The molecule has 0 heterocycles. The summed E-state index contributed by atoms with van der Waals surface area (Å²) in [5, 5.41) is 3.36. The van der Waals surface area contributed by atoms with Gasteiger partial charge < -0.3 is 11.1 Å². The summed E-state index contributed by atoms with van der Waals surface area (Å²) in [5.74, 6) is 0.373. The SMILES string of the molecule is CC(C)CNC(CN)c1ccc(F)cc1. The van der Waals surface area contributed by atoms with Crippen LogP contribution in [-0.4, -0.2) is 13.1 Å². The number of hydrogen-bond acceptors (Lipinski definition) is 2. The zero-order valence-corrected chi connectivity index (χ0v) is 9.33. The number of nitrogens with one attached hydrogen (secondary N) is 1. The van der Waals surface area contributed by atoms with Crippen molar-refractivity contribution in [2.75, 3.05) is 13.1 Å². The molecule has 1 aromatic carbocycles. The molecule has 84 valence electrons. The van der Waals surface area contributed by atoms with Crippen molar-refractivity contribution in [1.82, 2.24) is 5.32 Å². The van der Waals surface area contributed by atoms with Gasteiger partial charge in [0.1, 0.15) is 5.82 Å². The first-order chi connectivity index (χ1) is 7.13. The van der Waals surface area contributed by atoms with Gasteiger partial charge in [-0.05, 0) is 30.2 Å².